The fourth-order valence-corrected chi connectivity index (χ4v) is 2.21. The van der Waals surface area contributed by atoms with Gasteiger partial charge in [-0.3, -0.25) is 0 Å². The number of unbranched alkanes of at least 4 members (excludes halogenated alkanes) is 1. The summed E-state index contributed by atoms with van der Waals surface area (Å²) in [6.07, 6.45) is 3.79. The summed E-state index contributed by atoms with van der Waals surface area (Å²) < 4.78 is 5.67. The lowest BCUT2D eigenvalue weighted by Gasteiger charge is -2.09. The molecule has 1 aromatic heterocycles. The van der Waals surface area contributed by atoms with Gasteiger partial charge in [-0.05, 0) is 42.8 Å². The summed E-state index contributed by atoms with van der Waals surface area (Å²) in [6, 6.07) is 15.9. The zero-order valence-electron chi connectivity index (χ0n) is 13.0. The second kappa shape index (κ2) is 8.34. The van der Waals surface area contributed by atoms with Gasteiger partial charge in [0.25, 0.3) is 0 Å². The van der Waals surface area contributed by atoms with Crippen molar-refractivity contribution in [3.8, 4) is 5.75 Å². The van der Waals surface area contributed by atoms with E-state index in [1.807, 2.05) is 48.5 Å². The van der Waals surface area contributed by atoms with Crippen LogP contribution in [-0.2, 0) is 0 Å². The Labute approximate surface area is 142 Å². The van der Waals surface area contributed by atoms with Crippen molar-refractivity contribution in [3.63, 3.8) is 0 Å². The number of rotatable bonds is 6. The third-order valence-corrected chi connectivity index (χ3v) is 3.43. The molecular weight excluding hydrogens is 310 g/mol. The molecule has 0 aliphatic heterocycles. The zero-order chi connectivity index (χ0) is 15.2. The van der Waals surface area contributed by atoms with Crippen molar-refractivity contribution < 1.29 is 17.1 Å². The molecule has 0 spiro atoms. The molecule has 4 nitrogen and oxygen atoms in total. The van der Waals surface area contributed by atoms with Gasteiger partial charge in [-0.1, -0.05) is 25.5 Å². The van der Waals surface area contributed by atoms with Gasteiger partial charge in [-0.2, -0.15) is 0 Å². The molecular formula is C18H19ClN3O-. The monoisotopic (exact) mass is 328 g/mol. The van der Waals surface area contributed by atoms with E-state index in [-0.39, 0.29) is 12.4 Å². The molecule has 2 aromatic carbocycles. The summed E-state index contributed by atoms with van der Waals surface area (Å²) >= 11 is 0. The first kappa shape index (κ1) is 17.0. The number of nitrogens with zero attached hydrogens (tertiary/aromatic N) is 2. The Morgan fingerprint density at radius 2 is 1.78 bits per heavy atom. The predicted octanol–water partition coefficient (Wildman–Crippen LogP) is 1.56. The molecule has 0 aliphatic carbocycles. The van der Waals surface area contributed by atoms with Crippen LogP contribution in [0, 0.1) is 0 Å². The minimum absolute atomic E-state index is 0. The van der Waals surface area contributed by atoms with Crippen LogP contribution in [0.3, 0.4) is 0 Å². The molecule has 0 bridgehead atoms. The Bertz CT molecular complexity index is 741. The normalized spacial score (nSPS) is 10.1. The van der Waals surface area contributed by atoms with Gasteiger partial charge in [0.05, 0.1) is 12.1 Å². The molecule has 23 heavy (non-hydrogen) atoms. The Morgan fingerprint density at radius 3 is 2.57 bits per heavy atom. The van der Waals surface area contributed by atoms with Gasteiger partial charge < -0.3 is 22.5 Å². The van der Waals surface area contributed by atoms with Crippen LogP contribution in [0.4, 0.5) is 11.5 Å². The van der Waals surface area contributed by atoms with Crippen LogP contribution in [0.1, 0.15) is 19.8 Å². The summed E-state index contributed by atoms with van der Waals surface area (Å²) in [6.45, 7) is 2.92. The van der Waals surface area contributed by atoms with Crippen molar-refractivity contribution in [2.45, 2.75) is 19.8 Å². The average molecular weight is 329 g/mol. The number of nitrogens with one attached hydrogen (secondary N) is 1. The second-order valence-corrected chi connectivity index (χ2v) is 5.09. The van der Waals surface area contributed by atoms with E-state index in [1.54, 1.807) is 6.33 Å². The SMILES string of the molecule is CCCCOc1ccc(Nc2ncnc3ccccc23)cc1.[Cl-]. The summed E-state index contributed by atoms with van der Waals surface area (Å²) in [7, 11) is 0. The van der Waals surface area contributed by atoms with Gasteiger partial charge in [0.1, 0.15) is 17.9 Å². The summed E-state index contributed by atoms with van der Waals surface area (Å²) in [4.78, 5) is 8.60. The van der Waals surface area contributed by atoms with Crippen molar-refractivity contribution in [2.75, 3.05) is 11.9 Å². The van der Waals surface area contributed by atoms with Gasteiger partial charge >= 0.3 is 0 Å². The Balaban J connectivity index is 0.00000192. The zero-order valence-corrected chi connectivity index (χ0v) is 13.8. The molecule has 3 rings (SSSR count). The van der Waals surface area contributed by atoms with Gasteiger partial charge in [0.2, 0.25) is 0 Å². The first-order chi connectivity index (χ1) is 10.9. The molecule has 0 saturated heterocycles. The third kappa shape index (κ3) is 4.33. The van der Waals surface area contributed by atoms with E-state index in [0.717, 1.165) is 47.6 Å². The molecule has 0 radical (unpaired) electrons. The highest BCUT2D eigenvalue weighted by Gasteiger charge is 2.03. The first-order valence-corrected chi connectivity index (χ1v) is 7.56. The van der Waals surface area contributed by atoms with E-state index in [0.29, 0.717) is 0 Å². The largest absolute Gasteiger partial charge is 1.00 e. The molecule has 1 N–H and O–H groups in total. The molecule has 0 fully saturated rings. The molecule has 0 atom stereocenters. The molecule has 0 saturated carbocycles. The number of aromatic nitrogens is 2. The number of halogens is 1. The van der Waals surface area contributed by atoms with Crippen molar-refractivity contribution in [2.24, 2.45) is 0 Å². The highest BCUT2D eigenvalue weighted by Crippen LogP contribution is 2.24. The summed E-state index contributed by atoms with van der Waals surface area (Å²) in [5.41, 5.74) is 1.91. The molecule has 1 heterocycles. The lowest BCUT2D eigenvalue weighted by molar-refractivity contribution is -0.00000506. The minimum Gasteiger partial charge on any atom is -1.00 e. The van der Waals surface area contributed by atoms with Crippen molar-refractivity contribution in [1.82, 2.24) is 9.97 Å². The number of para-hydroxylation sites is 1. The fraction of sp³-hybridized carbons (Fsp3) is 0.222. The maximum atomic E-state index is 5.67. The van der Waals surface area contributed by atoms with Crippen LogP contribution in [-0.4, -0.2) is 16.6 Å². The van der Waals surface area contributed by atoms with E-state index in [4.69, 9.17) is 4.74 Å². The van der Waals surface area contributed by atoms with Gasteiger partial charge in [-0.15, -0.1) is 0 Å². The minimum atomic E-state index is 0. The summed E-state index contributed by atoms with van der Waals surface area (Å²) in [5, 5.41) is 4.34. The van der Waals surface area contributed by atoms with E-state index in [2.05, 4.69) is 22.2 Å². The topological polar surface area (TPSA) is 47.0 Å². The molecule has 0 unspecified atom stereocenters. The third-order valence-electron chi connectivity index (χ3n) is 3.43. The number of benzene rings is 2. The van der Waals surface area contributed by atoms with Gasteiger partial charge in [0.15, 0.2) is 0 Å². The first-order valence-electron chi connectivity index (χ1n) is 7.56. The molecule has 0 amide bonds. The highest BCUT2D eigenvalue weighted by atomic mass is 35.5. The smallest absolute Gasteiger partial charge is 0.141 e. The quantitative estimate of drug-likeness (QED) is 0.698. The molecule has 0 aliphatic rings. The maximum Gasteiger partial charge on any atom is 0.141 e. The second-order valence-electron chi connectivity index (χ2n) is 5.09. The average Bonchev–Trinajstić information content (AvgIpc) is 2.57. The van der Waals surface area contributed by atoms with Crippen molar-refractivity contribution in [3.05, 3.63) is 54.9 Å². The highest BCUT2D eigenvalue weighted by molar-refractivity contribution is 5.90. The number of hydrogen-bond donors (Lipinski definition) is 1. The van der Waals surface area contributed by atoms with E-state index in [9.17, 15) is 0 Å². The number of hydrogen-bond acceptors (Lipinski definition) is 4. The van der Waals surface area contributed by atoms with Crippen LogP contribution in [0.15, 0.2) is 54.9 Å². The number of anilines is 2. The Morgan fingerprint density at radius 1 is 1.00 bits per heavy atom. The van der Waals surface area contributed by atoms with E-state index >= 15 is 0 Å². The van der Waals surface area contributed by atoms with E-state index < -0.39 is 0 Å². The van der Waals surface area contributed by atoms with Crippen LogP contribution < -0.4 is 22.5 Å². The molecule has 5 heteroatoms. The lowest BCUT2D eigenvalue weighted by Crippen LogP contribution is -3.00. The number of fused-ring (bicyclic) bond motifs is 1. The molecule has 120 valence electrons. The van der Waals surface area contributed by atoms with Crippen LogP contribution in [0.2, 0.25) is 0 Å². The summed E-state index contributed by atoms with van der Waals surface area (Å²) in [5.74, 6) is 1.71. The standard InChI is InChI=1S/C18H19N3O.ClH/c1-2-3-12-22-15-10-8-14(9-11-15)21-18-16-6-4-5-7-17(16)19-13-20-18;/h4-11,13H,2-3,12H2,1H3,(H,19,20,21);1H/p-1. The maximum absolute atomic E-state index is 5.67. The van der Waals surface area contributed by atoms with Crippen LogP contribution >= 0.6 is 0 Å². The lowest BCUT2D eigenvalue weighted by atomic mass is 10.2. The van der Waals surface area contributed by atoms with E-state index in [1.165, 1.54) is 0 Å². The van der Waals surface area contributed by atoms with Gasteiger partial charge in [-0.25, -0.2) is 9.97 Å². The Kier molecular flexibility index (Phi) is 6.18. The van der Waals surface area contributed by atoms with Gasteiger partial charge in [0, 0.05) is 11.1 Å². The Hall–Kier alpha value is -2.33. The van der Waals surface area contributed by atoms with Crippen LogP contribution in [0.5, 0.6) is 5.75 Å². The van der Waals surface area contributed by atoms with Crippen LogP contribution in [0.25, 0.3) is 10.9 Å². The van der Waals surface area contributed by atoms with Crippen molar-refractivity contribution >= 4 is 22.4 Å². The molecule has 3 aromatic rings. The number of ether oxygens (including phenoxy) is 1. The predicted molar refractivity (Wildman–Crippen MR) is 89.7 cm³/mol. The van der Waals surface area contributed by atoms with Crippen molar-refractivity contribution in [1.29, 1.82) is 0 Å². The fourth-order valence-electron chi connectivity index (χ4n) is 2.21.